The summed E-state index contributed by atoms with van der Waals surface area (Å²) < 4.78 is 4.54. The number of methoxy groups -OCH3 is 1. The first-order valence-electron chi connectivity index (χ1n) is 4.87. The molecule has 2 N–H and O–H groups in total. The Morgan fingerprint density at radius 1 is 1.65 bits per heavy atom. The molecule has 0 radical (unpaired) electrons. The number of esters is 1. The molecule has 0 aromatic carbocycles. The zero-order chi connectivity index (χ0) is 12.8. The molecule has 0 spiro atoms. The third-order valence-corrected chi connectivity index (χ3v) is 2.24. The van der Waals surface area contributed by atoms with E-state index in [4.69, 9.17) is 5.26 Å². The molecule has 0 amide bonds. The molecule has 90 valence electrons. The first kappa shape index (κ1) is 13.1. The van der Waals surface area contributed by atoms with E-state index in [9.17, 15) is 15.0 Å². The lowest BCUT2D eigenvalue weighted by atomic mass is 9.99. The third kappa shape index (κ3) is 3.00. The van der Waals surface area contributed by atoms with E-state index < -0.39 is 18.2 Å². The summed E-state index contributed by atoms with van der Waals surface area (Å²) in [6, 6.07) is 3.11. The van der Waals surface area contributed by atoms with Crippen molar-refractivity contribution >= 4 is 5.97 Å². The number of aliphatic hydroxyl groups is 2. The quantitative estimate of drug-likeness (QED) is 0.722. The summed E-state index contributed by atoms with van der Waals surface area (Å²) in [5, 5.41) is 27.7. The minimum Gasteiger partial charge on any atom is -0.465 e. The Hall–Kier alpha value is -1.97. The average Bonchev–Trinajstić information content (AvgIpc) is 2.37. The van der Waals surface area contributed by atoms with E-state index in [-0.39, 0.29) is 17.5 Å². The van der Waals surface area contributed by atoms with Crippen LogP contribution in [-0.2, 0) is 4.74 Å². The van der Waals surface area contributed by atoms with Crippen LogP contribution in [0.4, 0.5) is 0 Å². The van der Waals surface area contributed by atoms with Crippen LogP contribution in [-0.4, -0.2) is 34.4 Å². The van der Waals surface area contributed by atoms with Gasteiger partial charge < -0.3 is 14.9 Å². The van der Waals surface area contributed by atoms with Crippen LogP contribution in [0.2, 0.25) is 0 Å². The molecule has 0 bridgehead atoms. The van der Waals surface area contributed by atoms with E-state index in [1.807, 2.05) is 0 Å². The zero-order valence-electron chi connectivity index (χ0n) is 9.20. The summed E-state index contributed by atoms with van der Waals surface area (Å²) in [5.41, 5.74) is 0.258. The van der Waals surface area contributed by atoms with Crippen molar-refractivity contribution in [2.24, 2.45) is 0 Å². The number of pyridine rings is 1. The molecule has 2 unspecified atom stereocenters. The molecule has 1 heterocycles. The number of aliphatic hydroxyl groups excluding tert-OH is 2. The number of carbonyl (C=O) groups excluding carboxylic acids is 1. The van der Waals surface area contributed by atoms with E-state index >= 15 is 0 Å². The van der Waals surface area contributed by atoms with Crippen LogP contribution in [0.5, 0.6) is 0 Å². The van der Waals surface area contributed by atoms with Gasteiger partial charge in [0.2, 0.25) is 0 Å². The highest BCUT2D eigenvalue weighted by molar-refractivity contribution is 5.90. The number of hydrogen-bond donors (Lipinski definition) is 2. The predicted octanol–water partition coefficient (Wildman–Crippen LogP) is 0.176. The molecule has 6 heteroatoms. The SMILES string of the molecule is COC(=O)c1ccncc1C(O)C(O)CC#N. The Balaban J connectivity index is 3.05. The maximum Gasteiger partial charge on any atom is 0.338 e. The summed E-state index contributed by atoms with van der Waals surface area (Å²) in [5.74, 6) is -0.634. The largest absolute Gasteiger partial charge is 0.465 e. The van der Waals surface area contributed by atoms with Gasteiger partial charge in [-0.3, -0.25) is 4.98 Å². The second-order valence-electron chi connectivity index (χ2n) is 3.33. The van der Waals surface area contributed by atoms with Gasteiger partial charge in [-0.2, -0.15) is 5.26 Å². The maximum absolute atomic E-state index is 11.4. The number of nitriles is 1. The highest BCUT2D eigenvalue weighted by atomic mass is 16.5. The molecule has 2 atom stereocenters. The molecule has 0 aliphatic heterocycles. The molecular weight excluding hydrogens is 224 g/mol. The van der Waals surface area contributed by atoms with Crippen LogP contribution in [0.25, 0.3) is 0 Å². The van der Waals surface area contributed by atoms with Crippen LogP contribution < -0.4 is 0 Å². The van der Waals surface area contributed by atoms with Crippen LogP contribution in [0.3, 0.4) is 0 Å². The van der Waals surface area contributed by atoms with Crippen molar-refractivity contribution < 1.29 is 19.7 Å². The fourth-order valence-corrected chi connectivity index (χ4v) is 1.35. The lowest BCUT2D eigenvalue weighted by Crippen LogP contribution is -2.20. The molecule has 1 aromatic heterocycles. The van der Waals surface area contributed by atoms with E-state index in [0.29, 0.717) is 0 Å². The summed E-state index contributed by atoms with van der Waals surface area (Å²) >= 11 is 0. The second kappa shape index (κ2) is 5.94. The fourth-order valence-electron chi connectivity index (χ4n) is 1.35. The van der Waals surface area contributed by atoms with Crippen molar-refractivity contribution in [3.8, 4) is 6.07 Å². The average molecular weight is 236 g/mol. The molecule has 0 aliphatic rings. The Morgan fingerprint density at radius 2 is 2.35 bits per heavy atom. The van der Waals surface area contributed by atoms with Crippen LogP contribution in [0.1, 0.15) is 28.4 Å². The molecular formula is C11H12N2O4. The van der Waals surface area contributed by atoms with Gasteiger partial charge in [0, 0.05) is 18.0 Å². The Labute approximate surface area is 98.1 Å². The van der Waals surface area contributed by atoms with Gasteiger partial charge in [0.1, 0.15) is 6.10 Å². The molecule has 6 nitrogen and oxygen atoms in total. The van der Waals surface area contributed by atoms with Gasteiger partial charge in [-0.05, 0) is 6.07 Å². The van der Waals surface area contributed by atoms with Crippen molar-refractivity contribution in [3.05, 3.63) is 29.6 Å². The van der Waals surface area contributed by atoms with Crippen LogP contribution in [0.15, 0.2) is 18.5 Å². The first-order chi connectivity index (χ1) is 8.11. The van der Waals surface area contributed by atoms with Crippen molar-refractivity contribution in [1.82, 2.24) is 4.98 Å². The summed E-state index contributed by atoms with van der Waals surface area (Å²) in [7, 11) is 1.21. The van der Waals surface area contributed by atoms with Crippen LogP contribution in [0, 0.1) is 11.3 Å². The topological polar surface area (TPSA) is 103 Å². The standard InChI is InChI=1S/C11H12N2O4/c1-17-11(16)7-3-5-13-6-8(7)10(15)9(14)2-4-12/h3,5-6,9-10,14-15H,2H2,1H3. The van der Waals surface area contributed by atoms with E-state index in [1.54, 1.807) is 6.07 Å². The molecule has 0 saturated carbocycles. The van der Waals surface area contributed by atoms with Crippen molar-refractivity contribution in [3.63, 3.8) is 0 Å². The predicted molar refractivity (Wildman–Crippen MR) is 56.8 cm³/mol. The maximum atomic E-state index is 11.4. The third-order valence-electron chi connectivity index (χ3n) is 2.24. The van der Waals surface area contributed by atoms with Crippen LogP contribution >= 0.6 is 0 Å². The molecule has 0 saturated heterocycles. The summed E-state index contributed by atoms with van der Waals surface area (Å²) in [4.78, 5) is 15.2. The van der Waals surface area contributed by atoms with Gasteiger partial charge in [0.05, 0.1) is 31.3 Å². The lowest BCUT2D eigenvalue weighted by Gasteiger charge is -2.17. The normalized spacial score (nSPS) is 13.5. The number of nitrogens with zero attached hydrogens (tertiary/aromatic N) is 2. The zero-order valence-corrected chi connectivity index (χ0v) is 9.20. The van der Waals surface area contributed by atoms with Gasteiger partial charge in [0.25, 0.3) is 0 Å². The minimum absolute atomic E-state index is 0.118. The number of hydrogen-bond acceptors (Lipinski definition) is 6. The minimum atomic E-state index is -1.35. The smallest absolute Gasteiger partial charge is 0.338 e. The van der Waals surface area contributed by atoms with Gasteiger partial charge in [0.15, 0.2) is 0 Å². The number of ether oxygens (including phenoxy) is 1. The monoisotopic (exact) mass is 236 g/mol. The second-order valence-corrected chi connectivity index (χ2v) is 3.33. The molecule has 17 heavy (non-hydrogen) atoms. The van der Waals surface area contributed by atoms with Crippen molar-refractivity contribution in [2.45, 2.75) is 18.6 Å². The number of rotatable bonds is 4. The van der Waals surface area contributed by atoms with Gasteiger partial charge in [-0.1, -0.05) is 0 Å². The lowest BCUT2D eigenvalue weighted by molar-refractivity contribution is 0.0200. The van der Waals surface area contributed by atoms with Crippen molar-refractivity contribution in [2.75, 3.05) is 7.11 Å². The Kier molecular flexibility index (Phi) is 4.57. The number of aromatic nitrogens is 1. The van der Waals surface area contributed by atoms with E-state index in [2.05, 4.69) is 9.72 Å². The highest BCUT2D eigenvalue weighted by Crippen LogP contribution is 2.22. The highest BCUT2D eigenvalue weighted by Gasteiger charge is 2.24. The van der Waals surface area contributed by atoms with Gasteiger partial charge in [-0.25, -0.2) is 4.79 Å². The van der Waals surface area contributed by atoms with Gasteiger partial charge >= 0.3 is 5.97 Å². The molecule has 1 aromatic rings. The summed E-state index contributed by atoms with van der Waals surface area (Å²) in [6.45, 7) is 0. The van der Waals surface area contributed by atoms with E-state index in [1.165, 1.54) is 25.6 Å². The fraction of sp³-hybridized carbons (Fsp3) is 0.364. The van der Waals surface area contributed by atoms with Crippen molar-refractivity contribution in [1.29, 1.82) is 5.26 Å². The Morgan fingerprint density at radius 3 is 2.94 bits per heavy atom. The molecule has 1 rings (SSSR count). The number of carbonyl (C=O) groups is 1. The Bertz CT molecular complexity index is 441. The summed E-state index contributed by atoms with van der Waals surface area (Å²) in [6.07, 6.45) is -0.224. The molecule has 0 fully saturated rings. The van der Waals surface area contributed by atoms with Gasteiger partial charge in [-0.15, -0.1) is 0 Å². The molecule has 0 aliphatic carbocycles. The van der Waals surface area contributed by atoms with E-state index in [0.717, 1.165) is 0 Å². The first-order valence-corrected chi connectivity index (χ1v) is 4.87.